The smallest absolute Gasteiger partial charge is 0.329 e. The molecule has 2 aromatic carbocycles. The number of aromatic nitrogens is 2. The SMILES string of the molecule is CC(C)[C@H](NC(=O)CN)C(=O)OC[C@H](COc1ccc(-c2c(C#N)c(N)nc(SCc3coc(-c4ccc(Cl)cc4)n3)c2C#N)cc1)OC(=O)[C@@H](NC(=O)CN)C(C)C.Cl.Cl. The van der Waals surface area contributed by atoms with Crippen LogP contribution in [0.25, 0.3) is 22.6 Å². The summed E-state index contributed by atoms with van der Waals surface area (Å²) in [6.45, 7) is 5.34. The Morgan fingerprint density at radius 2 is 1.38 bits per heavy atom. The second kappa shape index (κ2) is 24.6. The summed E-state index contributed by atoms with van der Waals surface area (Å²) in [5.41, 5.74) is 19.2. The van der Waals surface area contributed by atoms with Crippen LogP contribution in [0.4, 0.5) is 5.82 Å². The summed E-state index contributed by atoms with van der Waals surface area (Å²) in [5, 5.41) is 26.2. The number of nitrogen functional groups attached to an aromatic ring is 1. The minimum atomic E-state index is -1.18. The topological polar surface area (TPSA) is 285 Å². The molecule has 4 aromatic rings. The van der Waals surface area contributed by atoms with Crippen molar-refractivity contribution in [2.75, 3.05) is 32.0 Å². The Balaban J connectivity index is 0.00000641. The molecule has 17 nitrogen and oxygen atoms in total. The minimum absolute atomic E-state index is 0. The van der Waals surface area contributed by atoms with Crippen LogP contribution in [0.5, 0.6) is 5.75 Å². The third-order valence-electron chi connectivity index (χ3n) is 8.53. The van der Waals surface area contributed by atoms with Gasteiger partial charge in [-0.15, -0.1) is 24.8 Å². The van der Waals surface area contributed by atoms with Crippen LogP contribution in [0.3, 0.4) is 0 Å². The number of halogens is 3. The molecule has 0 aliphatic carbocycles. The number of nitrogens with one attached hydrogen (secondary N) is 2. The van der Waals surface area contributed by atoms with Crippen LogP contribution in [0, 0.1) is 34.5 Å². The lowest BCUT2D eigenvalue weighted by Crippen LogP contribution is -2.50. The van der Waals surface area contributed by atoms with Gasteiger partial charge in [-0.3, -0.25) is 9.59 Å². The highest BCUT2D eigenvalue weighted by Crippen LogP contribution is 2.37. The van der Waals surface area contributed by atoms with E-state index in [1.54, 1.807) is 76.2 Å². The van der Waals surface area contributed by atoms with Gasteiger partial charge < -0.3 is 46.5 Å². The maximum absolute atomic E-state index is 13.3. The summed E-state index contributed by atoms with van der Waals surface area (Å²) in [6, 6.07) is 15.5. The van der Waals surface area contributed by atoms with Gasteiger partial charge in [0.1, 0.15) is 65.9 Å². The Kier molecular flexibility index (Phi) is 20.8. The molecule has 0 saturated heterocycles. The van der Waals surface area contributed by atoms with Gasteiger partial charge in [-0.05, 0) is 53.8 Å². The number of ether oxygens (including phenoxy) is 3. The largest absolute Gasteiger partial charge is 0.490 e. The van der Waals surface area contributed by atoms with Crippen LogP contribution in [0.15, 0.2) is 64.2 Å². The summed E-state index contributed by atoms with van der Waals surface area (Å²) in [5.74, 6) is -2.62. The Morgan fingerprint density at radius 3 is 1.92 bits per heavy atom. The molecule has 4 rings (SSSR count). The number of rotatable bonds is 19. The highest BCUT2D eigenvalue weighted by Gasteiger charge is 2.31. The fourth-order valence-corrected chi connectivity index (χ4v) is 6.42. The van der Waals surface area contributed by atoms with Gasteiger partial charge >= 0.3 is 11.9 Å². The van der Waals surface area contributed by atoms with Crippen molar-refractivity contribution in [3.8, 4) is 40.5 Å². The van der Waals surface area contributed by atoms with E-state index in [2.05, 4.69) is 32.7 Å². The molecule has 0 bridgehead atoms. The molecule has 326 valence electrons. The van der Waals surface area contributed by atoms with Gasteiger partial charge in [-0.1, -0.05) is 63.2 Å². The number of pyridine rings is 1. The summed E-state index contributed by atoms with van der Waals surface area (Å²) >= 11 is 7.19. The van der Waals surface area contributed by atoms with E-state index in [0.717, 1.165) is 5.56 Å². The van der Waals surface area contributed by atoms with E-state index in [1.165, 1.54) is 18.0 Å². The lowest BCUT2D eigenvalue weighted by molar-refractivity contribution is -0.165. The first-order valence-electron chi connectivity index (χ1n) is 18.2. The number of hydrogen-bond donors (Lipinski definition) is 5. The first-order chi connectivity index (χ1) is 28.2. The number of oxazole rings is 1. The van der Waals surface area contributed by atoms with Gasteiger partial charge in [0.15, 0.2) is 6.10 Å². The number of nitrogens with zero attached hydrogens (tertiary/aromatic N) is 4. The third-order valence-corrected chi connectivity index (χ3v) is 9.79. The average molecular weight is 919 g/mol. The Hall–Kier alpha value is -5.60. The molecular formula is C40H46Cl3N9O8S. The first kappa shape index (κ1) is 51.5. The monoisotopic (exact) mass is 917 g/mol. The molecule has 0 saturated carbocycles. The van der Waals surface area contributed by atoms with E-state index in [1.807, 2.05) is 0 Å². The number of carbonyl (C=O) groups is 4. The van der Waals surface area contributed by atoms with Gasteiger partial charge in [0, 0.05) is 21.9 Å². The van der Waals surface area contributed by atoms with Gasteiger partial charge in [0.25, 0.3) is 0 Å². The highest BCUT2D eigenvalue weighted by molar-refractivity contribution is 7.98. The molecule has 0 fully saturated rings. The zero-order chi connectivity index (χ0) is 43.2. The first-order valence-corrected chi connectivity index (χ1v) is 19.6. The highest BCUT2D eigenvalue weighted by atomic mass is 35.5. The number of nitrogens with two attached hydrogens (primary N) is 3. The maximum Gasteiger partial charge on any atom is 0.329 e. The fraction of sp³-hybridized carbons (Fsp3) is 0.350. The van der Waals surface area contributed by atoms with Gasteiger partial charge in [-0.25, -0.2) is 19.6 Å². The van der Waals surface area contributed by atoms with E-state index in [9.17, 15) is 29.7 Å². The van der Waals surface area contributed by atoms with E-state index in [0.29, 0.717) is 22.2 Å². The van der Waals surface area contributed by atoms with Crippen molar-refractivity contribution in [2.45, 2.75) is 56.7 Å². The van der Waals surface area contributed by atoms with Gasteiger partial charge in [-0.2, -0.15) is 10.5 Å². The molecule has 0 aliphatic rings. The normalized spacial score (nSPS) is 12.0. The Bertz CT molecular complexity index is 2210. The minimum Gasteiger partial charge on any atom is -0.490 e. The van der Waals surface area contributed by atoms with Gasteiger partial charge in [0.2, 0.25) is 17.7 Å². The number of nitriles is 2. The number of anilines is 1. The zero-order valence-electron chi connectivity index (χ0n) is 33.5. The number of amides is 2. The van der Waals surface area contributed by atoms with Crippen molar-refractivity contribution in [1.82, 2.24) is 20.6 Å². The predicted molar refractivity (Wildman–Crippen MR) is 233 cm³/mol. The Morgan fingerprint density at radius 1 is 0.820 bits per heavy atom. The lowest BCUT2D eigenvalue weighted by Gasteiger charge is -2.26. The lowest BCUT2D eigenvalue weighted by atomic mass is 9.97. The van der Waals surface area contributed by atoms with Crippen LogP contribution in [0.2, 0.25) is 5.02 Å². The quantitative estimate of drug-likeness (QED) is 0.0637. The van der Waals surface area contributed by atoms with Crippen molar-refractivity contribution < 1.29 is 37.8 Å². The molecule has 2 amide bonds. The second-order valence-electron chi connectivity index (χ2n) is 13.6. The van der Waals surface area contributed by atoms with Crippen molar-refractivity contribution in [1.29, 1.82) is 10.5 Å². The number of thioether (sulfide) groups is 1. The predicted octanol–water partition coefficient (Wildman–Crippen LogP) is 4.55. The molecule has 0 spiro atoms. The van der Waals surface area contributed by atoms with Crippen LogP contribution in [-0.4, -0.2) is 78.2 Å². The summed E-state index contributed by atoms with van der Waals surface area (Å²) < 4.78 is 22.7. The maximum atomic E-state index is 13.3. The van der Waals surface area contributed by atoms with Crippen LogP contribution in [0.1, 0.15) is 44.5 Å². The second-order valence-corrected chi connectivity index (χ2v) is 15.0. The summed E-state index contributed by atoms with van der Waals surface area (Å²) in [4.78, 5) is 59.2. The number of benzene rings is 2. The summed E-state index contributed by atoms with van der Waals surface area (Å²) in [6.07, 6.45) is 0.320. The average Bonchev–Trinajstić information content (AvgIpc) is 3.70. The molecule has 0 radical (unpaired) electrons. The summed E-state index contributed by atoms with van der Waals surface area (Å²) in [7, 11) is 0. The van der Waals surface area contributed by atoms with E-state index < -0.39 is 48.5 Å². The molecule has 2 aromatic heterocycles. The molecule has 8 N–H and O–H groups in total. The van der Waals surface area contributed by atoms with E-state index in [4.69, 9.17) is 47.4 Å². The molecule has 0 unspecified atom stereocenters. The van der Waals surface area contributed by atoms with Crippen molar-refractivity contribution in [3.05, 3.63) is 76.6 Å². The molecule has 2 heterocycles. The zero-order valence-corrected chi connectivity index (χ0v) is 36.7. The number of hydrogen-bond acceptors (Lipinski definition) is 16. The van der Waals surface area contributed by atoms with Crippen molar-refractivity contribution in [3.63, 3.8) is 0 Å². The van der Waals surface area contributed by atoms with Crippen molar-refractivity contribution in [2.24, 2.45) is 23.3 Å². The van der Waals surface area contributed by atoms with E-state index in [-0.39, 0.29) is 95.4 Å². The molecule has 0 aliphatic heterocycles. The molecule has 21 heteroatoms. The fourth-order valence-electron chi connectivity index (χ4n) is 5.42. The van der Waals surface area contributed by atoms with Crippen LogP contribution >= 0.6 is 48.2 Å². The molecular weight excluding hydrogens is 873 g/mol. The number of carbonyl (C=O) groups excluding carboxylic acids is 4. The van der Waals surface area contributed by atoms with Crippen molar-refractivity contribution >= 4 is 77.7 Å². The molecule has 3 atom stereocenters. The molecule has 61 heavy (non-hydrogen) atoms. The van der Waals surface area contributed by atoms with Crippen LogP contribution < -0.4 is 32.6 Å². The van der Waals surface area contributed by atoms with Crippen LogP contribution in [-0.2, 0) is 34.4 Å². The van der Waals surface area contributed by atoms with Gasteiger partial charge in [0.05, 0.1) is 24.3 Å². The standard InChI is InChI=1S/C40H44ClN9O8S.2ClH/c1-21(2)34(48-31(51)15-44)39(53)57-19-28(58-40(54)35(22(3)4)49-32(52)16-45)18-55-27-11-7-23(8-12-27)33-29(13-42)36(46)50-38(30(33)14-43)59-20-26-17-56-37(47-26)24-5-9-25(41)10-6-24;;/h5-12,17,21-22,28,34-35H,15-16,18-20,44-45H2,1-4H3,(H2,46,50)(H,48,51)(H,49,52);2*1H/t28-,34-,35-;;/m0../s1. The number of esters is 2. The van der Waals surface area contributed by atoms with E-state index >= 15 is 0 Å². The Labute approximate surface area is 374 Å². The third kappa shape index (κ3) is 14.2.